The topological polar surface area (TPSA) is 33.2 Å². The van der Waals surface area contributed by atoms with Gasteiger partial charge in [-0.05, 0) is 12.3 Å². The van der Waals surface area contributed by atoms with Gasteiger partial charge in [-0.3, -0.25) is 4.79 Å². The number of hydrogen-bond donors (Lipinski definition) is 0. The number of hydrogen-bond acceptors (Lipinski definition) is 3. The zero-order chi connectivity index (χ0) is 13.5. The molecule has 102 valence electrons. The molecule has 1 aromatic rings. The molecule has 1 aromatic heterocycles. The summed E-state index contributed by atoms with van der Waals surface area (Å²) in [4.78, 5) is 18.3. The average Bonchev–Trinajstić information content (AvgIpc) is 2.81. The lowest BCUT2D eigenvalue weighted by molar-refractivity contribution is -0.129. The minimum absolute atomic E-state index is 0.227. The molecular weight excluding hydrogens is 244 g/mol. The number of amides is 1. The van der Waals surface area contributed by atoms with Crippen molar-refractivity contribution in [1.82, 2.24) is 9.88 Å². The van der Waals surface area contributed by atoms with Crippen LogP contribution in [0.4, 0.5) is 0 Å². The lowest BCUT2D eigenvalue weighted by Gasteiger charge is -2.16. The van der Waals surface area contributed by atoms with E-state index in [0.717, 1.165) is 36.5 Å². The summed E-state index contributed by atoms with van der Waals surface area (Å²) in [7, 11) is 1.89. The number of aromatic nitrogens is 1. The quantitative estimate of drug-likeness (QED) is 0.759. The van der Waals surface area contributed by atoms with Crippen LogP contribution in [-0.4, -0.2) is 29.4 Å². The highest BCUT2D eigenvalue weighted by atomic mass is 32.1. The summed E-state index contributed by atoms with van der Waals surface area (Å²) in [5.41, 5.74) is 1.14. The molecule has 1 amide bonds. The Labute approximate surface area is 114 Å². The van der Waals surface area contributed by atoms with Crippen molar-refractivity contribution in [2.45, 2.75) is 52.4 Å². The Morgan fingerprint density at radius 2 is 2.22 bits per heavy atom. The third kappa shape index (κ3) is 4.77. The first-order chi connectivity index (χ1) is 8.54. The number of carbonyl (C=O) groups is 1. The minimum Gasteiger partial charge on any atom is -0.346 e. The van der Waals surface area contributed by atoms with Gasteiger partial charge in [0.15, 0.2) is 0 Å². The van der Waals surface area contributed by atoms with Crippen molar-refractivity contribution in [1.29, 1.82) is 0 Å². The number of aryl methyl sites for hydroxylation is 1. The zero-order valence-corrected chi connectivity index (χ0v) is 12.7. The van der Waals surface area contributed by atoms with Gasteiger partial charge in [-0.1, -0.05) is 27.2 Å². The highest BCUT2D eigenvalue weighted by Gasteiger charge is 2.10. The summed E-state index contributed by atoms with van der Waals surface area (Å²) in [5.74, 6) is 0.697. The number of carbonyl (C=O) groups excluding carboxylic acids is 1. The second kappa shape index (κ2) is 7.52. The van der Waals surface area contributed by atoms with Crippen LogP contribution in [0.5, 0.6) is 0 Å². The maximum absolute atomic E-state index is 11.9. The first kappa shape index (κ1) is 15.2. The molecule has 0 bridgehead atoms. The fourth-order valence-electron chi connectivity index (χ4n) is 1.63. The SMILES string of the molecule is CCCCN(C)C(=O)CCc1nc(C(C)C)cs1. The molecule has 0 unspecified atom stereocenters. The number of rotatable bonds is 7. The molecule has 4 heteroatoms. The Bertz CT molecular complexity index is 374. The van der Waals surface area contributed by atoms with Crippen LogP contribution in [0, 0.1) is 0 Å². The molecule has 0 N–H and O–H groups in total. The predicted molar refractivity (Wildman–Crippen MR) is 77.1 cm³/mol. The second-order valence-corrected chi connectivity index (χ2v) is 5.93. The van der Waals surface area contributed by atoms with E-state index in [1.165, 1.54) is 0 Å². The monoisotopic (exact) mass is 268 g/mol. The normalized spacial score (nSPS) is 10.9. The lowest BCUT2D eigenvalue weighted by atomic mass is 10.2. The van der Waals surface area contributed by atoms with Crippen LogP contribution in [0.15, 0.2) is 5.38 Å². The van der Waals surface area contributed by atoms with Gasteiger partial charge in [0, 0.05) is 31.8 Å². The number of thiazole rings is 1. The van der Waals surface area contributed by atoms with Gasteiger partial charge in [-0.15, -0.1) is 11.3 Å². The van der Waals surface area contributed by atoms with Crippen LogP contribution in [-0.2, 0) is 11.2 Å². The van der Waals surface area contributed by atoms with Gasteiger partial charge in [0.25, 0.3) is 0 Å². The van der Waals surface area contributed by atoms with Gasteiger partial charge in [0.05, 0.1) is 10.7 Å². The molecular formula is C14H24N2OS. The van der Waals surface area contributed by atoms with E-state index in [2.05, 4.69) is 31.1 Å². The van der Waals surface area contributed by atoms with E-state index >= 15 is 0 Å². The fourth-order valence-corrected chi connectivity index (χ4v) is 2.59. The molecule has 18 heavy (non-hydrogen) atoms. The van der Waals surface area contributed by atoms with Crippen LogP contribution >= 0.6 is 11.3 Å². The number of unbranched alkanes of at least 4 members (excludes halogenated alkanes) is 1. The first-order valence-electron chi connectivity index (χ1n) is 6.72. The van der Waals surface area contributed by atoms with E-state index in [9.17, 15) is 4.79 Å². The predicted octanol–water partition coefficient (Wildman–Crippen LogP) is 3.46. The van der Waals surface area contributed by atoms with Crippen LogP contribution in [0.2, 0.25) is 0 Å². The van der Waals surface area contributed by atoms with E-state index < -0.39 is 0 Å². The Morgan fingerprint density at radius 3 is 2.78 bits per heavy atom. The minimum atomic E-state index is 0.227. The molecule has 0 aromatic carbocycles. The van der Waals surface area contributed by atoms with Gasteiger partial charge in [0.2, 0.25) is 5.91 Å². The Morgan fingerprint density at radius 1 is 1.50 bits per heavy atom. The highest BCUT2D eigenvalue weighted by Crippen LogP contribution is 2.18. The van der Waals surface area contributed by atoms with Crippen LogP contribution in [0.25, 0.3) is 0 Å². The van der Waals surface area contributed by atoms with E-state index in [0.29, 0.717) is 12.3 Å². The second-order valence-electron chi connectivity index (χ2n) is 4.99. The summed E-state index contributed by atoms with van der Waals surface area (Å²) >= 11 is 1.67. The summed E-state index contributed by atoms with van der Waals surface area (Å²) in [6.07, 6.45) is 3.55. The Kier molecular flexibility index (Phi) is 6.33. The molecule has 0 saturated heterocycles. The first-order valence-corrected chi connectivity index (χ1v) is 7.60. The Balaban J connectivity index is 2.37. The van der Waals surface area contributed by atoms with Crippen molar-refractivity contribution in [3.05, 3.63) is 16.1 Å². The summed E-state index contributed by atoms with van der Waals surface area (Å²) in [6, 6.07) is 0. The van der Waals surface area contributed by atoms with E-state index in [1.807, 2.05) is 11.9 Å². The maximum Gasteiger partial charge on any atom is 0.222 e. The summed E-state index contributed by atoms with van der Waals surface area (Å²) in [5, 5.41) is 3.18. The highest BCUT2D eigenvalue weighted by molar-refractivity contribution is 7.09. The van der Waals surface area contributed by atoms with E-state index in [4.69, 9.17) is 0 Å². The van der Waals surface area contributed by atoms with Gasteiger partial charge < -0.3 is 4.90 Å². The third-order valence-electron chi connectivity index (χ3n) is 2.99. The number of nitrogens with zero attached hydrogens (tertiary/aromatic N) is 2. The van der Waals surface area contributed by atoms with Crippen molar-refractivity contribution < 1.29 is 4.79 Å². The van der Waals surface area contributed by atoms with Crippen molar-refractivity contribution in [3.63, 3.8) is 0 Å². The molecule has 0 radical (unpaired) electrons. The van der Waals surface area contributed by atoms with Gasteiger partial charge in [0.1, 0.15) is 0 Å². The molecule has 0 aliphatic carbocycles. The fraction of sp³-hybridized carbons (Fsp3) is 0.714. The van der Waals surface area contributed by atoms with E-state index in [-0.39, 0.29) is 5.91 Å². The summed E-state index contributed by atoms with van der Waals surface area (Å²) in [6.45, 7) is 7.29. The molecule has 0 spiro atoms. The third-order valence-corrected chi connectivity index (χ3v) is 3.91. The zero-order valence-electron chi connectivity index (χ0n) is 11.9. The van der Waals surface area contributed by atoms with E-state index in [1.54, 1.807) is 11.3 Å². The average molecular weight is 268 g/mol. The van der Waals surface area contributed by atoms with Crippen molar-refractivity contribution in [2.75, 3.05) is 13.6 Å². The molecule has 1 rings (SSSR count). The standard InChI is InChI=1S/C14H24N2OS/c1-5-6-9-16(4)14(17)8-7-13-15-12(10-18-13)11(2)3/h10-11H,5-9H2,1-4H3. The van der Waals surface area contributed by atoms with Crippen molar-refractivity contribution in [2.24, 2.45) is 0 Å². The van der Waals surface area contributed by atoms with Crippen molar-refractivity contribution >= 4 is 17.2 Å². The smallest absolute Gasteiger partial charge is 0.222 e. The molecule has 1 heterocycles. The maximum atomic E-state index is 11.9. The molecule has 0 fully saturated rings. The van der Waals surface area contributed by atoms with Gasteiger partial charge in [-0.25, -0.2) is 4.98 Å². The van der Waals surface area contributed by atoms with Gasteiger partial charge in [-0.2, -0.15) is 0 Å². The largest absolute Gasteiger partial charge is 0.346 e. The summed E-state index contributed by atoms with van der Waals surface area (Å²) < 4.78 is 0. The molecule has 3 nitrogen and oxygen atoms in total. The Hall–Kier alpha value is -0.900. The van der Waals surface area contributed by atoms with Crippen LogP contribution in [0.3, 0.4) is 0 Å². The van der Waals surface area contributed by atoms with Crippen molar-refractivity contribution in [3.8, 4) is 0 Å². The lowest BCUT2D eigenvalue weighted by Crippen LogP contribution is -2.27. The van der Waals surface area contributed by atoms with Crippen LogP contribution < -0.4 is 0 Å². The van der Waals surface area contributed by atoms with Crippen LogP contribution in [0.1, 0.15) is 56.7 Å². The van der Waals surface area contributed by atoms with Gasteiger partial charge >= 0.3 is 0 Å². The molecule has 0 aliphatic heterocycles. The molecule has 0 aliphatic rings. The molecule has 0 saturated carbocycles. The molecule has 0 atom stereocenters.